The molecule has 1 aliphatic carbocycles. The van der Waals surface area contributed by atoms with Crippen molar-refractivity contribution in [3.8, 4) is 0 Å². The van der Waals surface area contributed by atoms with E-state index in [2.05, 4.69) is 32.6 Å². The first-order valence-electron chi connectivity index (χ1n) is 9.07. The quantitative estimate of drug-likeness (QED) is 0.264. The van der Waals surface area contributed by atoms with E-state index in [9.17, 15) is 9.59 Å². The van der Waals surface area contributed by atoms with Crippen LogP contribution in [0.3, 0.4) is 0 Å². The molecule has 0 amide bonds. The predicted octanol–water partition coefficient (Wildman–Crippen LogP) is 3.94. The lowest BCUT2D eigenvalue weighted by atomic mass is 9.75. The first kappa shape index (κ1) is 20.1. The minimum Gasteiger partial charge on any atom is -0.462 e. The molecule has 0 spiro atoms. The van der Waals surface area contributed by atoms with E-state index >= 15 is 0 Å². The molecule has 0 unspecified atom stereocenters. The van der Waals surface area contributed by atoms with Crippen LogP contribution in [-0.4, -0.2) is 33.4 Å². The molecule has 3 aromatic rings. The van der Waals surface area contributed by atoms with Crippen LogP contribution < -0.4 is 0 Å². The van der Waals surface area contributed by atoms with Crippen LogP contribution >= 0.6 is 34.2 Å². The van der Waals surface area contributed by atoms with Gasteiger partial charge in [-0.1, -0.05) is 41.9 Å². The van der Waals surface area contributed by atoms with E-state index in [-0.39, 0.29) is 24.9 Å². The zero-order chi connectivity index (χ0) is 20.4. The van der Waals surface area contributed by atoms with Gasteiger partial charge in [0.05, 0.1) is 6.61 Å². The van der Waals surface area contributed by atoms with E-state index in [0.29, 0.717) is 10.7 Å². The summed E-state index contributed by atoms with van der Waals surface area (Å²) in [6.45, 7) is 0.549. The number of carbonyl (C=O) groups is 2. The highest BCUT2D eigenvalue weighted by Gasteiger charge is 2.35. The largest absolute Gasteiger partial charge is 0.462 e. The summed E-state index contributed by atoms with van der Waals surface area (Å²) in [6.07, 6.45) is 4.18. The number of hydrogen-bond donors (Lipinski definition) is 0. The van der Waals surface area contributed by atoms with Crippen molar-refractivity contribution < 1.29 is 19.1 Å². The molecule has 2 aromatic heterocycles. The number of carbonyl (C=O) groups excluding carboxylic acids is 2. The maximum atomic E-state index is 12.4. The highest BCUT2D eigenvalue weighted by molar-refractivity contribution is 14.1. The lowest BCUT2D eigenvalue weighted by Gasteiger charge is -2.34. The lowest BCUT2D eigenvalue weighted by Crippen LogP contribution is -2.30. The molecule has 0 N–H and O–H groups in total. The molecule has 1 aromatic carbocycles. The van der Waals surface area contributed by atoms with Gasteiger partial charge in [-0.3, -0.25) is 9.20 Å². The van der Waals surface area contributed by atoms with Crippen molar-refractivity contribution in [3.63, 3.8) is 0 Å². The fourth-order valence-electron chi connectivity index (χ4n) is 3.58. The number of benzene rings is 1. The highest BCUT2D eigenvalue weighted by Crippen LogP contribution is 2.42. The van der Waals surface area contributed by atoms with Gasteiger partial charge in [-0.2, -0.15) is 0 Å². The molecule has 29 heavy (non-hydrogen) atoms. The zero-order valence-corrected chi connectivity index (χ0v) is 18.1. The molecule has 7 nitrogen and oxygen atoms in total. The Morgan fingerprint density at radius 1 is 1.34 bits per heavy atom. The van der Waals surface area contributed by atoms with E-state index in [1.807, 2.05) is 16.7 Å². The second kappa shape index (κ2) is 8.66. The molecule has 150 valence electrons. The zero-order valence-electron chi connectivity index (χ0n) is 15.2. The number of fused-ring (bicyclic) bond motifs is 1. The third-order valence-electron chi connectivity index (χ3n) is 5.07. The maximum Gasteiger partial charge on any atom is 0.352 e. The minimum absolute atomic E-state index is 0.235. The molecular formula is C20H17ClIN3O4. The predicted molar refractivity (Wildman–Crippen MR) is 113 cm³/mol. The lowest BCUT2D eigenvalue weighted by molar-refractivity contribution is -0.164. The average molecular weight is 526 g/mol. The summed E-state index contributed by atoms with van der Waals surface area (Å²) in [5.41, 5.74) is 1.40. The molecule has 0 aliphatic heterocycles. The van der Waals surface area contributed by atoms with Crippen molar-refractivity contribution >= 4 is 52.2 Å². The van der Waals surface area contributed by atoms with Crippen LogP contribution in [0, 0.1) is 9.62 Å². The Hall–Kier alpha value is -2.20. The third kappa shape index (κ3) is 4.09. The van der Waals surface area contributed by atoms with Gasteiger partial charge in [0.2, 0.25) is 6.10 Å². The molecule has 1 saturated carbocycles. The summed E-state index contributed by atoms with van der Waals surface area (Å²) in [5, 5.41) is 0.433. The summed E-state index contributed by atoms with van der Waals surface area (Å²) in [5.74, 6) is 0.886. The van der Waals surface area contributed by atoms with Crippen LogP contribution in [0.1, 0.15) is 36.3 Å². The molecule has 0 radical (unpaired) electrons. The molecule has 2 heterocycles. The SMILES string of the molecule is O=CO[C@@H](C(=O)OC[C@H]1C[C@H](c2nc(I)c3c(Cl)nccn32)C1)c1ccccc1. The van der Waals surface area contributed by atoms with E-state index in [1.54, 1.807) is 30.5 Å². The smallest absolute Gasteiger partial charge is 0.352 e. The molecular weight excluding hydrogens is 509 g/mol. The van der Waals surface area contributed by atoms with Gasteiger partial charge in [0.15, 0.2) is 5.15 Å². The van der Waals surface area contributed by atoms with Crippen LogP contribution in [0.5, 0.6) is 0 Å². The first-order valence-corrected chi connectivity index (χ1v) is 10.5. The molecule has 1 aliphatic rings. The Balaban J connectivity index is 1.36. The van der Waals surface area contributed by atoms with E-state index in [4.69, 9.17) is 21.1 Å². The van der Waals surface area contributed by atoms with Crippen molar-refractivity contribution in [1.82, 2.24) is 14.4 Å². The number of rotatable bonds is 7. The van der Waals surface area contributed by atoms with Gasteiger partial charge in [-0.15, -0.1) is 0 Å². The maximum absolute atomic E-state index is 12.4. The summed E-state index contributed by atoms with van der Waals surface area (Å²) in [4.78, 5) is 31.9. The number of hydrogen-bond acceptors (Lipinski definition) is 6. The minimum atomic E-state index is -1.04. The topological polar surface area (TPSA) is 82.8 Å². The number of imidazole rings is 1. The number of aromatic nitrogens is 3. The van der Waals surface area contributed by atoms with Gasteiger partial charge in [0, 0.05) is 23.9 Å². The molecule has 1 atom stereocenters. The molecule has 0 bridgehead atoms. The monoisotopic (exact) mass is 525 g/mol. The third-order valence-corrected chi connectivity index (χ3v) is 6.09. The second-order valence-electron chi connectivity index (χ2n) is 6.88. The highest BCUT2D eigenvalue weighted by atomic mass is 127. The van der Waals surface area contributed by atoms with Crippen molar-refractivity contribution in [2.45, 2.75) is 24.9 Å². The van der Waals surface area contributed by atoms with Crippen LogP contribution in [0.25, 0.3) is 5.52 Å². The Labute approximate surface area is 185 Å². The first-order chi connectivity index (χ1) is 14.1. The number of halogens is 2. The van der Waals surface area contributed by atoms with Gasteiger partial charge in [-0.05, 0) is 41.4 Å². The Kier molecular flexibility index (Phi) is 6.00. The summed E-state index contributed by atoms with van der Waals surface area (Å²) in [6, 6.07) is 8.82. The van der Waals surface area contributed by atoms with Crippen molar-refractivity contribution in [2.75, 3.05) is 6.61 Å². The number of esters is 1. The van der Waals surface area contributed by atoms with E-state index in [1.165, 1.54) is 0 Å². The Morgan fingerprint density at radius 2 is 2.10 bits per heavy atom. The Bertz CT molecular complexity index is 1040. The summed E-state index contributed by atoms with van der Waals surface area (Å²) in [7, 11) is 0. The van der Waals surface area contributed by atoms with Crippen molar-refractivity contribution in [3.05, 3.63) is 63.0 Å². The summed E-state index contributed by atoms with van der Waals surface area (Å²) < 4.78 is 13.2. The fourth-order valence-corrected chi connectivity index (χ4v) is 4.74. The van der Waals surface area contributed by atoms with Gasteiger partial charge in [-0.25, -0.2) is 14.8 Å². The molecule has 1 fully saturated rings. The number of ether oxygens (including phenoxy) is 2. The van der Waals surface area contributed by atoms with Crippen LogP contribution in [0.15, 0.2) is 42.7 Å². The van der Waals surface area contributed by atoms with Gasteiger partial charge < -0.3 is 9.47 Å². The van der Waals surface area contributed by atoms with Gasteiger partial charge in [0.25, 0.3) is 6.47 Å². The summed E-state index contributed by atoms with van der Waals surface area (Å²) >= 11 is 8.35. The normalized spacial score (nSPS) is 19.4. The Morgan fingerprint density at radius 3 is 2.83 bits per heavy atom. The van der Waals surface area contributed by atoms with Gasteiger partial charge in [0.1, 0.15) is 15.0 Å². The van der Waals surface area contributed by atoms with Crippen LogP contribution in [0.4, 0.5) is 0 Å². The van der Waals surface area contributed by atoms with Crippen molar-refractivity contribution in [2.24, 2.45) is 5.92 Å². The molecule has 0 saturated heterocycles. The average Bonchev–Trinajstić information content (AvgIpc) is 3.03. The van der Waals surface area contributed by atoms with Gasteiger partial charge >= 0.3 is 5.97 Å². The fraction of sp³-hybridized carbons (Fsp3) is 0.300. The standard InChI is InChI=1S/C20H17ClIN3O4/c21-17-15-18(22)24-19(25(15)7-6-23-17)14-8-12(9-14)10-28-20(27)16(29-11-26)13-4-2-1-3-5-13/h1-7,11-12,14,16H,8-10H2/t12-,14-,16-/m1/s1. The van der Waals surface area contributed by atoms with Crippen molar-refractivity contribution in [1.29, 1.82) is 0 Å². The van der Waals surface area contributed by atoms with Crippen LogP contribution in [0.2, 0.25) is 5.15 Å². The molecule has 9 heteroatoms. The molecule has 4 rings (SSSR count). The van der Waals surface area contributed by atoms with Crippen LogP contribution in [-0.2, 0) is 19.1 Å². The van der Waals surface area contributed by atoms with E-state index in [0.717, 1.165) is 27.9 Å². The second-order valence-corrected chi connectivity index (χ2v) is 8.26. The van der Waals surface area contributed by atoms with E-state index < -0.39 is 12.1 Å². The number of nitrogens with zero attached hydrogens (tertiary/aromatic N) is 3.